The van der Waals surface area contributed by atoms with Gasteiger partial charge in [-0.05, 0) is 5.56 Å². The second-order valence-electron chi connectivity index (χ2n) is 3.09. The fraction of sp³-hybridized carbons (Fsp3) is 0.200. The van der Waals surface area contributed by atoms with Gasteiger partial charge in [0.1, 0.15) is 0 Å². The number of alkyl halides is 1. The van der Waals surface area contributed by atoms with Gasteiger partial charge < -0.3 is 4.74 Å². The lowest BCUT2D eigenvalue weighted by atomic mass is 10.3. The normalized spacial score (nSPS) is 10.3. The number of aromatic nitrogens is 3. The van der Waals surface area contributed by atoms with Crippen molar-refractivity contribution in [3.8, 4) is 11.6 Å². The van der Waals surface area contributed by atoms with Crippen molar-refractivity contribution in [2.45, 2.75) is 5.88 Å². The summed E-state index contributed by atoms with van der Waals surface area (Å²) in [5, 5.41) is 3.99. The van der Waals surface area contributed by atoms with E-state index in [0.717, 1.165) is 5.56 Å². The standard InChI is InChI=1S/C10H10ClN3O/c1-14-7-9(6-13-14)15-10-3-2-8(4-11)5-12-10/h2-3,5-7H,4H2,1H3. The molecule has 2 aromatic rings. The number of nitrogens with zero attached hydrogens (tertiary/aromatic N) is 3. The van der Waals surface area contributed by atoms with Gasteiger partial charge in [0.2, 0.25) is 5.88 Å². The SMILES string of the molecule is Cn1cc(Oc2ccc(CCl)cn2)cn1. The van der Waals surface area contributed by atoms with Crippen molar-refractivity contribution >= 4 is 11.6 Å². The van der Waals surface area contributed by atoms with E-state index in [1.54, 1.807) is 29.3 Å². The topological polar surface area (TPSA) is 39.9 Å². The molecule has 5 heteroatoms. The highest BCUT2D eigenvalue weighted by molar-refractivity contribution is 6.17. The Morgan fingerprint density at radius 1 is 1.40 bits per heavy atom. The summed E-state index contributed by atoms with van der Waals surface area (Å²) in [6.07, 6.45) is 5.10. The van der Waals surface area contributed by atoms with Crippen LogP contribution in [0.1, 0.15) is 5.56 Å². The Kier molecular flexibility index (Phi) is 2.87. The Bertz CT molecular complexity index is 438. The summed E-state index contributed by atoms with van der Waals surface area (Å²) in [4.78, 5) is 4.11. The maximum absolute atomic E-state index is 5.65. The average molecular weight is 224 g/mol. The van der Waals surface area contributed by atoms with Gasteiger partial charge in [-0.2, -0.15) is 5.10 Å². The van der Waals surface area contributed by atoms with Gasteiger partial charge in [0.25, 0.3) is 0 Å². The zero-order valence-corrected chi connectivity index (χ0v) is 8.98. The molecule has 0 spiro atoms. The molecule has 0 saturated heterocycles. The van der Waals surface area contributed by atoms with Gasteiger partial charge >= 0.3 is 0 Å². The molecule has 0 unspecified atom stereocenters. The molecule has 0 atom stereocenters. The van der Waals surface area contributed by atoms with Crippen LogP contribution in [0.5, 0.6) is 11.6 Å². The van der Waals surface area contributed by atoms with E-state index in [-0.39, 0.29) is 0 Å². The van der Waals surface area contributed by atoms with E-state index >= 15 is 0 Å². The lowest BCUT2D eigenvalue weighted by Gasteiger charge is -2.01. The summed E-state index contributed by atoms with van der Waals surface area (Å²) in [5.74, 6) is 1.67. The van der Waals surface area contributed by atoms with E-state index in [4.69, 9.17) is 16.3 Å². The third-order valence-corrected chi connectivity index (χ3v) is 2.16. The maximum Gasteiger partial charge on any atom is 0.219 e. The number of rotatable bonds is 3. The smallest absolute Gasteiger partial charge is 0.219 e. The van der Waals surface area contributed by atoms with Crippen LogP contribution >= 0.6 is 11.6 Å². The van der Waals surface area contributed by atoms with Gasteiger partial charge in [-0.1, -0.05) is 6.07 Å². The largest absolute Gasteiger partial charge is 0.436 e. The van der Waals surface area contributed by atoms with Crippen LogP contribution in [0, 0.1) is 0 Å². The second kappa shape index (κ2) is 4.31. The highest BCUT2D eigenvalue weighted by atomic mass is 35.5. The molecular formula is C10H10ClN3O. The first-order chi connectivity index (χ1) is 7.28. The third kappa shape index (κ3) is 2.47. The minimum Gasteiger partial charge on any atom is -0.436 e. The van der Waals surface area contributed by atoms with Crippen LogP contribution in [0.2, 0.25) is 0 Å². The summed E-state index contributed by atoms with van der Waals surface area (Å²) in [5.41, 5.74) is 0.968. The summed E-state index contributed by atoms with van der Waals surface area (Å²) >= 11 is 5.65. The zero-order chi connectivity index (χ0) is 10.7. The summed E-state index contributed by atoms with van der Waals surface area (Å²) in [6, 6.07) is 3.66. The molecule has 2 rings (SSSR count). The first kappa shape index (κ1) is 9.98. The quantitative estimate of drug-likeness (QED) is 0.750. The van der Waals surface area contributed by atoms with Crippen LogP contribution in [0.3, 0.4) is 0 Å². The van der Waals surface area contributed by atoms with Crippen molar-refractivity contribution in [3.63, 3.8) is 0 Å². The number of pyridine rings is 1. The molecule has 0 saturated carbocycles. The molecule has 2 heterocycles. The molecule has 78 valence electrons. The molecule has 0 radical (unpaired) electrons. The van der Waals surface area contributed by atoms with Crippen molar-refractivity contribution in [3.05, 3.63) is 36.3 Å². The molecule has 15 heavy (non-hydrogen) atoms. The molecule has 0 bridgehead atoms. The highest BCUT2D eigenvalue weighted by Gasteiger charge is 2.00. The van der Waals surface area contributed by atoms with Crippen LogP contribution in [0.25, 0.3) is 0 Å². The summed E-state index contributed by atoms with van der Waals surface area (Å²) in [7, 11) is 1.83. The van der Waals surface area contributed by atoms with E-state index in [0.29, 0.717) is 17.5 Å². The molecule has 0 aliphatic carbocycles. The number of aryl methyl sites for hydroxylation is 1. The molecule has 0 N–H and O–H groups in total. The molecule has 0 aliphatic heterocycles. The second-order valence-corrected chi connectivity index (χ2v) is 3.36. The average Bonchev–Trinajstić information content (AvgIpc) is 2.65. The van der Waals surface area contributed by atoms with Crippen molar-refractivity contribution in [2.24, 2.45) is 7.05 Å². The van der Waals surface area contributed by atoms with Crippen LogP contribution in [0.4, 0.5) is 0 Å². The van der Waals surface area contributed by atoms with Crippen LogP contribution in [-0.4, -0.2) is 14.8 Å². The molecule has 2 aromatic heterocycles. The molecular weight excluding hydrogens is 214 g/mol. The number of hydrogen-bond donors (Lipinski definition) is 0. The van der Waals surface area contributed by atoms with Crippen molar-refractivity contribution in [1.29, 1.82) is 0 Å². The maximum atomic E-state index is 5.65. The van der Waals surface area contributed by atoms with Gasteiger partial charge in [-0.25, -0.2) is 4.98 Å². The minimum atomic E-state index is 0.459. The lowest BCUT2D eigenvalue weighted by molar-refractivity contribution is 0.462. The fourth-order valence-electron chi connectivity index (χ4n) is 1.12. The molecule has 0 amide bonds. The molecule has 0 aliphatic rings. The first-order valence-electron chi connectivity index (χ1n) is 4.45. The van der Waals surface area contributed by atoms with Crippen LogP contribution in [-0.2, 0) is 12.9 Å². The van der Waals surface area contributed by atoms with Crippen molar-refractivity contribution in [1.82, 2.24) is 14.8 Å². The number of ether oxygens (including phenoxy) is 1. The lowest BCUT2D eigenvalue weighted by Crippen LogP contribution is -1.88. The predicted molar refractivity (Wildman–Crippen MR) is 57.1 cm³/mol. The van der Waals surface area contributed by atoms with E-state index in [2.05, 4.69) is 10.1 Å². The zero-order valence-electron chi connectivity index (χ0n) is 8.22. The third-order valence-electron chi connectivity index (χ3n) is 1.86. The molecule has 0 fully saturated rings. The monoisotopic (exact) mass is 223 g/mol. The number of hydrogen-bond acceptors (Lipinski definition) is 3. The Hall–Kier alpha value is -1.55. The van der Waals surface area contributed by atoms with Crippen molar-refractivity contribution < 1.29 is 4.74 Å². The Morgan fingerprint density at radius 3 is 2.80 bits per heavy atom. The van der Waals surface area contributed by atoms with Gasteiger partial charge in [0.15, 0.2) is 5.75 Å². The fourth-order valence-corrected chi connectivity index (χ4v) is 1.28. The Morgan fingerprint density at radius 2 is 2.27 bits per heavy atom. The van der Waals surface area contributed by atoms with Gasteiger partial charge in [-0.15, -0.1) is 11.6 Å². The highest BCUT2D eigenvalue weighted by Crippen LogP contribution is 2.18. The Labute approximate surface area is 92.5 Å². The van der Waals surface area contributed by atoms with Gasteiger partial charge in [-0.3, -0.25) is 4.68 Å². The van der Waals surface area contributed by atoms with Gasteiger partial charge in [0, 0.05) is 25.2 Å². The molecule has 0 aromatic carbocycles. The van der Waals surface area contributed by atoms with E-state index in [1.807, 2.05) is 13.1 Å². The van der Waals surface area contributed by atoms with Crippen LogP contribution in [0.15, 0.2) is 30.7 Å². The van der Waals surface area contributed by atoms with E-state index in [9.17, 15) is 0 Å². The first-order valence-corrected chi connectivity index (χ1v) is 4.99. The predicted octanol–water partition coefficient (Wildman–Crippen LogP) is 2.35. The Balaban J connectivity index is 2.11. The summed E-state index contributed by atoms with van der Waals surface area (Å²) in [6.45, 7) is 0. The minimum absolute atomic E-state index is 0.459. The number of halogens is 1. The van der Waals surface area contributed by atoms with Gasteiger partial charge in [0.05, 0.1) is 12.4 Å². The molecule has 4 nitrogen and oxygen atoms in total. The van der Waals surface area contributed by atoms with Crippen molar-refractivity contribution in [2.75, 3.05) is 0 Å². The summed E-state index contributed by atoms with van der Waals surface area (Å²) < 4.78 is 7.13. The van der Waals surface area contributed by atoms with E-state index in [1.165, 1.54) is 0 Å². The van der Waals surface area contributed by atoms with Crippen LogP contribution < -0.4 is 4.74 Å². The van der Waals surface area contributed by atoms with E-state index < -0.39 is 0 Å².